The van der Waals surface area contributed by atoms with E-state index in [0.717, 1.165) is 0 Å². The summed E-state index contributed by atoms with van der Waals surface area (Å²) in [5.74, 6) is 0. The van der Waals surface area contributed by atoms with E-state index in [1.807, 2.05) is 7.11 Å². The third-order valence-corrected chi connectivity index (χ3v) is 3.87. The highest BCUT2D eigenvalue weighted by Gasteiger charge is 1.98. The van der Waals surface area contributed by atoms with Crippen LogP contribution in [0.1, 0.15) is 97.3 Å². The number of unbranched alkanes of at least 4 members (excludes halogenated alkanes) is 11. The first-order chi connectivity index (χ1) is 8.81. The van der Waals surface area contributed by atoms with Crippen LogP contribution in [0.3, 0.4) is 0 Å². The molecule has 0 bridgehead atoms. The maximum absolute atomic E-state index is 5.25. The molecule has 0 radical (unpaired) electrons. The third-order valence-electron chi connectivity index (χ3n) is 3.87. The quantitative estimate of drug-likeness (QED) is 0.341. The predicted molar refractivity (Wildman–Crippen MR) is 82.2 cm³/mol. The molecule has 0 fully saturated rings. The Hall–Kier alpha value is -0.0400. The first-order valence-corrected chi connectivity index (χ1v) is 8.34. The van der Waals surface area contributed by atoms with Crippen molar-refractivity contribution in [3.8, 4) is 0 Å². The predicted octanol–water partition coefficient (Wildman–Crippen LogP) is 6.11. The highest BCUT2D eigenvalue weighted by atomic mass is 16.5. The fourth-order valence-electron chi connectivity index (χ4n) is 2.39. The molecule has 0 rings (SSSR count). The molecule has 1 nitrogen and oxygen atoms in total. The molecule has 0 aliphatic heterocycles. The fraction of sp³-hybridized carbons (Fsp3) is 1.00. The van der Waals surface area contributed by atoms with Crippen molar-refractivity contribution in [3.63, 3.8) is 0 Å². The van der Waals surface area contributed by atoms with Gasteiger partial charge in [-0.25, -0.2) is 0 Å². The van der Waals surface area contributed by atoms with Gasteiger partial charge in [-0.2, -0.15) is 0 Å². The number of rotatable bonds is 14. The van der Waals surface area contributed by atoms with E-state index in [2.05, 4.69) is 13.8 Å². The van der Waals surface area contributed by atoms with Gasteiger partial charge in [-0.05, 0) is 13.3 Å². The lowest BCUT2D eigenvalue weighted by Crippen LogP contribution is -2.03. The molecule has 0 aromatic rings. The lowest BCUT2D eigenvalue weighted by molar-refractivity contribution is 0.108. The van der Waals surface area contributed by atoms with E-state index in [9.17, 15) is 0 Å². The lowest BCUT2D eigenvalue weighted by Gasteiger charge is -2.08. The summed E-state index contributed by atoms with van der Waals surface area (Å²) in [6.45, 7) is 4.45. The molecular weight excluding hydrogens is 220 g/mol. The molecule has 0 spiro atoms. The topological polar surface area (TPSA) is 9.23 Å². The second-order valence-corrected chi connectivity index (χ2v) is 5.72. The molecule has 0 aliphatic rings. The Morgan fingerprint density at radius 1 is 0.667 bits per heavy atom. The van der Waals surface area contributed by atoms with E-state index < -0.39 is 0 Å². The van der Waals surface area contributed by atoms with Crippen molar-refractivity contribution in [1.82, 2.24) is 0 Å². The Balaban J connectivity index is 2.94. The maximum atomic E-state index is 5.25. The summed E-state index contributed by atoms with van der Waals surface area (Å²) in [5.41, 5.74) is 0. The third kappa shape index (κ3) is 14.0. The molecule has 0 aliphatic carbocycles. The Morgan fingerprint density at radius 3 is 1.44 bits per heavy atom. The minimum atomic E-state index is 0.452. The van der Waals surface area contributed by atoms with Gasteiger partial charge in [0.25, 0.3) is 0 Å². The molecule has 0 saturated carbocycles. The summed E-state index contributed by atoms with van der Waals surface area (Å²) in [5, 5.41) is 0. The van der Waals surface area contributed by atoms with Crippen molar-refractivity contribution >= 4 is 0 Å². The molecule has 0 amide bonds. The standard InChI is InChI=1S/C17H36O/c1-4-5-6-7-8-9-10-11-12-13-14-15-16-17(2)18-3/h17H,4-16H2,1-3H3. The lowest BCUT2D eigenvalue weighted by atomic mass is 10.0. The van der Waals surface area contributed by atoms with Crippen LogP contribution in [0, 0.1) is 0 Å². The summed E-state index contributed by atoms with van der Waals surface area (Å²) >= 11 is 0. The number of ether oxygens (including phenoxy) is 1. The Morgan fingerprint density at radius 2 is 1.06 bits per heavy atom. The summed E-state index contributed by atoms with van der Waals surface area (Å²) < 4.78 is 5.25. The van der Waals surface area contributed by atoms with Gasteiger partial charge in [-0.15, -0.1) is 0 Å². The van der Waals surface area contributed by atoms with Gasteiger partial charge in [-0.1, -0.05) is 84.0 Å². The Labute approximate surface area is 116 Å². The highest BCUT2D eigenvalue weighted by Crippen LogP contribution is 2.13. The van der Waals surface area contributed by atoms with Crippen LogP contribution < -0.4 is 0 Å². The van der Waals surface area contributed by atoms with Crippen molar-refractivity contribution in [1.29, 1.82) is 0 Å². The summed E-state index contributed by atoms with van der Waals surface area (Å²) in [6.07, 6.45) is 18.8. The molecular formula is C17H36O. The molecule has 1 heteroatoms. The number of hydrogen-bond donors (Lipinski definition) is 0. The molecule has 0 aromatic carbocycles. The van der Waals surface area contributed by atoms with Crippen LogP contribution in [0.5, 0.6) is 0 Å². The van der Waals surface area contributed by atoms with E-state index >= 15 is 0 Å². The molecule has 0 aromatic heterocycles. The average Bonchev–Trinajstić information content (AvgIpc) is 2.39. The van der Waals surface area contributed by atoms with Crippen LogP contribution in [0.2, 0.25) is 0 Å². The monoisotopic (exact) mass is 256 g/mol. The van der Waals surface area contributed by atoms with E-state index in [4.69, 9.17) is 4.74 Å². The smallest absolute Gasteiger partial charge is 0.0543 e. The van der Waals surface area contributed by atoms with Gasteiger partial charge in [0.2, 0.25) is 0 Å². The molecule has 0 N–H and O–H groups in total. The van der Waals surface area contributed by atoms with Gasteiger partial charge in [0.1, 0.15) is 0 Å². The highest BCUT2D eigenvalue weighted by molar-refractivity contribution is 4.52. The van der Waals surface area contributed by atoms with E-state index in [-0.39, 0.29) is 0 Å². The summed E-state index contributed by atoms with van der Waals surface area (Å²) in [7, 11) is 1.81. The molecule has 0 heterocycles. The summed E-state index contributed by atoms with van der Waals surface area (Å²) in [4.78, 5) is 0. The minimum Gasteiger partial charge on any atom is -0.382 e. The van der Waals surface area contributed by atoms with Gasteiger partial charge >= 0.3 is 0 Å². The molecule has 1 unspecified atom stereocenters. The van der Waals surface area contributed by atoms with Gasteiger partial charge in [-0.3, -0.25) is 0 Å². The van der Waals surface area contributed by atoms with Crippen molar-refractivity contribution < 1.29 is 4.74 Å². The summed E-state index contributed by atoms with van der Waals surface area (Å²) in [6, 6.07) is 0. The van der Waals surface area contributed by atoms with Gasteiger partial charge in [0, 0.05) is 7.11 Å². The SMILES string of the molecule is CCCCCCCCCCCCCCC(C)OC. The van der Waals surface area contributed by atoms with Crippen molar-refractivity contribution in [2.75, 3.05) is 7.11 Å². The van der Waals surface area contributed by atoms with Gasteiger partial charge < -0.3 is 4.74 Å². The van der Waals surface area contributed by atoms with Crippen molar-refractivity contribution in [2.45, 2.75) is 103 Å². The van der Waals surface area contributed by atoms with Crippen LogP contribution in [0.15, 0.2) is 0 Å². The first kappa shape index (κ1) is 18.0. The molecule has 110 valence electrons. The zero-order valence-electron chi connectivity index (χ0n) is 13.2. The first-order valence-electron chi connectivity index (χ1n) is 8.34. The molecule has 0 saturated heterocycles. The van der Waals surface area contributed by atoms with E-state index in [0.29, 0.717) is 6.10 Å². The Bertz CT molecular complexity index is 145. The van der Waals surface area contributed by atoms with Crippen LogP contribution in [-0.2, 0) is 4.74 Å². The van der Waals surface area contributed by atoms with E-state index in [1.54, 1.807) is 0 Å². The Kier molecular flexibility index (Phi) is 15.0. The molecule has 18 heavy (non-hydrogen) atoms. The zero-order valence-corrected chi connectivity index (χ0v) is 13.2. The van der Waals surface area contributed by atoms with Crippen LogP contribution >= 0.6 is 0 Å². The second-order valence-electron chi connectivity index (χ2n) is 5.72. The normalized spacial score (nSPS) is 12.8. The van der Waals surface area contributed by atoms with E-state index in [1.165, 1.54) is 83.5 Å². The van der Waals surface area contributed by atoms with Crippen molar-refractivity contribution in [3.05, 3.63) is 0 Å². The second kappa shape index (κ2) is 15.0. The largest absolute Gasteiger partial charge is 0.382 e. The van der Waals surface area contributed by atoms with Crippen LogP contribution in [0.4, 0.5) is 0 Å². The number of methoxy groups -OCH3 is 1. The average molecular weight is 256 g/mol. The maximum Gasteiger partial charge on any atom is 0.0543 e. The zero-order chi connectivity index (χ0) is 13.5. The molecule has 1 atom stereocenters. The van der Waals surface area contributed by atoms with Gasteiger partial charge in [0.05, 0.1) is 6.10 Å². The van der Waals surface area contributed by atoms with Crippen LogP contribution in [0.25, 0.3) is 0 Å². The van der Waals surface area contributed by atoms with Gasteiger partial charge in [0.15, 0.2) is 0 Å². The van der Waals surface area contributed by atoms with Crippen LogP contribution in [-0.4, -0.2) is 13.2 Å². The van der Waals surface area contributed by atoms with Crippen molar-refractivity contribution in [2.24, 2.45) is 0 Å². The fourth-order valence-corrected chi connectivity index (χ4v) is 2.39. The number of hydrogen-bond acceptors (Lipinski definition) is 1. The minimum absolute atomic E-state index is 0.452.